The highest BCUT2D eigenvalue weighted by atomic mass is 32.2. The molecule has 1 aromatic carbocycles. The van der Waals surface area contributed by atoms with E-state index in [4.69, 9.17) is 0 Å². The van der Waals surface area contributed by atoms with Crippen molar-refractivity contribution in [3.8, 4) is 11.6 Å². The molecule has 0 saturated heterocycles. The number of nitrogens with zero attached hydrogens (tertiary/aromatic N) is 2. The molecule has 1 aromatic heterocycles. The second-order valence-electron chi connectivity index (χ2n) is 3.85. The summed E-state index contributed by atoms with van der Waals surface area (Å²) in [5, 5.41) is 3.69. The zero-order chi connectivity index (χ0) is 15.0. The van der Waals surface area contributed by atoms with E-state index >= 15 is 0 Å². The molecule has 0 saturated carbocycles. The molecule has 0 aliphatic carbocycles. The lowest BCUT2D eigenvalue weighted by Crippen LogP contribution is -2.28. The van der Waals surface area contributed by atoms with E-state index < -0.39 is 21.5 Å². The number of hydrogen-bond acceptors (Lipinski definition) is 4. The molecule has 20 heavy (non-hydrogen) atoms. The molecule has 0 unspecified atom stereocenters. The van der Waals surface area contributed by atoms with E-state index in [0.29, 0.717) is 11.4 Å². The Hall–Kier alpha value is -2.03. The van der Waals surface area contributed by atoms with Gasteiger partial charge in [0.1, 0.15) is 0 Å². The topological polar surface area (TPSA) is 61.2 Å². The minimum atomic E-state index is -5.71. The van der Waals surface area contributed by atoms with Crippen LogP contribution in [0.2, 0.25) is 0 Å². The molecule has 0 radical (unpaired) electrons. The Morgan fingerprint density at radius 3 is 2.35 bits per heavy atom. The van der Waals surface area contributed by atoms with Gasteiger partial charge in [-0.1, -0.05) is 18.2 Å². The van der Waals surface area contributed by atoms with Crippen molar-refractivity contribution in [2.24, 2.45) is 0 Å². The standard InChI is InChI=1S/C11H9F3N2O3S/c1-8-7-10(19-20(17,18)11(12,13)14)15-16(8)9-5-3-2-4-6-9/h2-7H,1H3. The molecule has 0 amide bonds. The van der Waals surface area contributed by atoms with Crippen molar-refractivity contribution in [2.45, 2.75) is 12.4 Å². The second-order valence-corrected chi connectivity index (χ2v) is 5.39. The van der Waals surface area contributed by atoms with Gasteiger partial charge < -0.3 is 4.18 Å². The Balaban J connectivity index is 2.34. The fourth-order valence-corrected chi connectivity index (χ4v) is 1.88. The van der Waals surface area contributed by atoms with Gasteiger partial charge in [-0.15, -0.1) is 5.10 Å². The van der Waals surface area contributed by atoms with Gasteiger partial charge in [-0.3, -0.25) is 0 Å². The molecule has 0 aliphatic heterocycles. The van der Waals surface area contributed by atoms with Crippen molar-refractivity contribution >= 4 is 10.1 Å². The number of alkyl halides is 3. The van der Waals surface area contributed by atoms with Gasteiger partial charge in [0.05, 0.1) is 5.69 Å². The minimum absolute atomic E-state index is 0.434. The summed E-state index contributed by atoms with van der Waals surface area (Å²) in [4.78, 5) is 0. The summed E-state index contributed by atoms with van der Waals surface area (Å²) >= 11 is 0. The Kier molecular flexibility index (Phi) is 3.46. The average molecular weight is 306 g/mol. The molecule has 0 aliphatic rings. The Bertz CT molecular complexity index is 708. The molecule has 5 nitrogen and oxygen atoms in total. The van der Waals surface area contributed by atoms with Gasteiger partial charge in [-0.05, 0) is 19.1 Å². The number of aryl methyl sites for hydroxylation is 1. The highest BCUT2D eigenvalue weighted by Crippen LogP contribution is 2.27. The van der Waals surface area contributed by atoms with Gasteiger partial charge in [0, 0.05) is 11.8 Å². The molecule has 2 rings (SSSR count). The molecule has 2 aromatic rings. The Morgan fingerprint density at radius 2 is 1.80 bits per heavy atom. The highest BCUT2D eigenvalue weighted by Gasteiger charge is 2.49. The monoisotopic (exact) mass is 306 g/mol. The fourth-order valence-electron chi connectivity index (χ4n) is 1.48. The molecule has 1 heterocycles. The van der Waals surface area contributed by atoms with Crippen molar-refractivity contribution in [2.75, 3.05) is 0 Å². The first-order chi connectivity index (χ1) is 9.21. The van der Waals surface area contributed by atoms with E-state index in [2.05, 4.69) is 9.28 Å². The van der Waals surface area contributed by atoms with E-state index in [0.717, 1.165) is 6.07 Å². The van der Waals surface area contributed by atoms with E-state index in [-0.39, 0.29) is 0 Å². The van der Waals surface area contributed by atoms with Crippen molar-refractivity contribution in [3.05, 3.63) is 42.1 Å². The van der Waals surface area contributed by atoms with Crippen LogP contribution in [0.1, 0.15) is 5.69 Å². The van der Waals surface area contributed by atoms with Crippen molar-refractivity contribution in [3.63, 3.8) is 0 Å². The first-order valence-corrected chi connectivity index (χ1v) is 6.74. The number of para-hydroxylation sites is 1. The van der Waals surface area contributed by atoms with Crippen LogP contribution in [0.15, 0.2) is 36.4 Å². The third-order valence-electron chi connectivity index (χ3n) is 2.34. The molecular weight excluding hydrogens is 297 g/mol. The SMILES string of the molecule is Cc1cc(OS(=O)(=O)C(F)(F)F)nn1-c1ccccc1. The van der Waals surface area contributed by atoms with E-state index in [1.54, 1.807) is 37.3 Å². The first-order valence-electron chi connectivity index (χ1n) is 5.33. The third-order valence-corrected chi connectivity index (χ3v) is 3.30. The van der Waals surface area contributed by atoms with Crippen LogP contribution < -0.4 is 4.18 Å². The average Bonchev–Trinajstić information content (AvgIpc) is 2.69. The van der Waals surface area contributed by atoms with Crippen LogP contribution in [0.4, 0.5) is 13.2 Å². The third kappa shape index (κ3) is 2.77. The van der Waals surface area contributed by atoms with Crippen LogP contribution in [-0.4, -0.2) is 23.7 Å². The van der Waals surface area contributed by atoms with Gasteiger partial charge in [-0.25, -0.2) is 4.68 Å². The highest BCUT2D eigenvalue weighted by molar-refractivity contribution is 7.87. The lowest BCUT2D eigenvalue weighted by Gasteiger charge is -2.06. The summed E-state index contributed by atoms with van der Waals surface area (Å²) in [6.45, 7) is 1.56. The Morgan fingerprint density at radius 1 is 1.20 bits per heavy atom. The number of benzene rings is 1. The molecule has 0 atom stereocenters. The smallest absolute Gasteiger partial charge is 0.354 e. The molecule has 0 N–H and O–H groups in total. The maximum Gasteiger partial charge on any atom is 0.534 e. The van der Waals surface area contributed by atoms with E-state index in [1.807, 2.05) is 0 Å². The molecular formula is C11H9F3N2O3S. The second kappa shape index (κ2) is 4.82. The van der Waals surface area contributed by atoms with Crippen molar-refractivity contribution in [1.29, 1.82) is 0 Å². The molecule has 108 valence electrons. The van der Waals surface area contributed by atoms with Crippen LogP contribution in [-0.2, 0) is 10.1 Å². The number of halogens is 3. The summed E-state index contributed by atoms with van der Waals surface area (Å²) in [5.41, 5.74) is -4.48. The van der Waals surface area contributed by atoms with E-state index in [9.17, 15) is 21.6 Å². The molecule has 9 heteroatoms. The van der Waals surface area contributed by atoms with Gasteiger partial charge in [-0.2, -0.15) is 21.6 Å². The lowest BCUT2D eigenvalue weighted by molar-refractivity contribution is -0.0501. The van der Waals surface area contributed by atoms with Crippen LogP contribution in [0.3, 0.4) is 0 Å². The van der Waals surface area contributed by atoms with Crippen LogP contribution >= 0.6 is 0 Å². The predicted molar refractivity (Wildman–Crippen MR) is 63.9 cm³/mol. The minimum Gasteiger partial charge on any atom is -0.354 e. The quantitative estimate of drug-likeness (QED) is 0.645. The summed E-state index contributed by atoms with van der Waals surface area (Å²) in [6.07, 6.45) is 0. The summed E-state index contributed by atoms with van der Waals surface area (Å²) in [7, 11) is -5.71. The van der Waals surface area contributed by atoms with Crippen LogP contribution in [0.5, 0.6) is 5.88 Å². The van der Waals surface area contributed by atoms with Crippen molar-refractivity contribution < 1.29 is 25.8 Å². The predicted octanol–water partition coefficient (Wildman–Crippen LogP) is 2.41. The maximum atomic E-state index is 12.2. The first kappa shape index (κ1) is 14.4. The number of aromatic nitrogens is 2. The van der Waals surface area contributed by atoms with Gasteiger partial charge >= 0.3 is 15.6 Å². The summed E-state index contributed by atoms with van der Waals surface area (Å²) in [6, 6.07) is 9.63. The lowest BCUT2D eigenvalue weighted by atomic mass is 10.3. The van der Waals surface area contributed by atoms with Gasteiger partial charge in [0.2, 0.25) is 0 Å². The molecule has 0 fully saturated rings. The Labute approximate surface area is 112 Å². The molecule has 0 bridgehead atoms. The number of hydrogen-bond donors (Lipinski definition) is 0. The summed E-state index contributed by atoms with van der Waals surface area (Å²) < 4.78 is 63.6. The van der Waals surface area contributed by atoms with Gasteiger partial charge in [0.15, 0.2) is 0 Å². The zero-order valence-electron chi connectivity index (χ0n) is 10.1. The van der Waals surface area contributed by atoms with Gasteiger partial charge in [0.25, 0.3) is 5.88 Å². The maximum absolute atomic E-state index is 12.2. The fraction of sp³-hybridized carbons (Fsp3) is 0.182. The van der Waals surface area contributed by atoms with Crippen LogP contribution in [0.25, 0.3) is 5.69 Å². The van der Waals surface area contributed by atoms with Crippen LogP contribution in [0, 0.1) is 6.92 Å². The zero-order valence-corrected chi connectivity index (χ0v) is 10.9. The normalized spacial score (nSPS) is 12.4. The largest absolute Gasteiger partial charge is 0.534 e. The van der Waals surface area contributed by atoms with Crippen molar-refractivity contribution in [1.82, 2.24) is 9.78 Å². The number of rotatable bonds is 3. The summed E-state index contributed by atoms with van der Waals surface area (Å²) in [5.74, 6) is -0.635. The van der Waals surface area contributed by atoms with E-state index in [1.165, 1.54) is 4.68 Å². The molecule has 0 spiro atoms.